The highest BCUT2D eigenvalue weighted by Crippen LogP contribution is 2.08. The van der Waals surface area contributed by atoms with Crippen molar-refractivity contribution in [3.63, 3.8) is 0 Å². The second-order valence-corrected chi connectivity index (χ2v) is 4.56. The van der Waals surface area contributed by atoms with Crippen LogP contribution in [0.5, 0.6) is 0 Å². The number of fused-ring (bicyclic) bond motifs is 1. The molecule has 2 aromatic rings. The van der Waals surface area contributed by atoms with E-state index in [9.17, 15) is 14.4 Å². The lowest BCUT2D eigenvalue weighted by atomic mass is 10.2. The summed E-state index contributed by atoms with van der Waals surface area (Å²) in [5, 5.41) is 11.2. The molecule has 2 rings (SSSR count). The number of nitrogens with zero attached hydrogens (tertiary/aromatic N) is 2. The summed E-state index contributed by atoms with van der Waals surface area (Å²) in [6.45, 7) is 1.85. The van der Waals surface area contributed by atoms with Crippen LogP contribution in [-0.2, 0) is 9.59 Å². The van der Waals surface area contributed by atoms with E-state index in [-0.39, 0.29) is 5.69 Å². The number of hydrogen-bond donors (Lipinski definition) is 3. The van der Waals surface area contributed by atoms with Crippen LogP contribution in [0.3, 0.4) is 0 Å². The molecule has 0 fully saturated rings. The fourth-order valence-electron chi connectivity index (χ4n) is 1.89. The Labute approximate surface area is 119 Å². The third-order valence-corrected chi connectivity index (χ3v) is 2.94. The molecule has 0 aliphatic carbocycles. The first kappa shape index (κ1) is 14.5. The monoisotopic (exact) mass is 290 g/mol. The molecule has 1 atom stereocenters. The van der Waals surface area contributed by atoms with Crippen LogP contribution < -0.4 is 11.1 Å². The molecule has 0 unspecified atom stereocenters. The second-order valence-electron chi connectivity index (χ2n) is 4.56. The van der Waals surface area contributed by atoms with E-state index in [2.05, 4.69) is 10.3 Å². The standard InChI is InChI=1S/C13H14N4O4/c1-7-3-2-4-11-15-9(6-17(7)11)12(19)16-8(13(20)21)5-10(14)18/h2-4,6,8H,5H2,1H3,(H2,14,18)(H,16,19)(H,20,21)/t8-/m0/s1. The van der Waals surface area contributed by atoms with Crippen LogP contribution >= 0.6 is 0 Å². The van der Waals surface area contributed by atoms with Gasteiger partial charge in [0.25, 0.3) is 5.91 Å². The van der Waals surface area contributed by atoms with Crippen molar-refractivity contribution in [1.82, 2.24) is 14.7 Å². The van der Waals surface area contributed by atoms with Crippen LogP contribution in [0.15, 0.2) is 24.4 Å². The van der Waals surface area contributed by atoms with Crippen LogP contribution in [0.2, 0.25) is 0 Å². The van der Waals surface area contributed by atoms with Gasteiger partial charge in [-0.1, -0.05) is 6.07 Å². The first-order valence-electron chi connectivity index (χ1n) is 6.15. The van der Waals surface area contributed by atoms with Crippen molar-refractivity contribution >= 4 is 23.4 Å². The molecular formula is C13H14N4O4. The molecule has 4 N–H and O–H groups in total. The molecule has 0 saturated heterocycles. The SMILES string of the molecule is Cc1cccc2nc(C(=O)N[C@@H](CC(N)=O)C(=O)O)cn12. The molecule has 0 saturated carbocycles. The zero-order chi connectivity index (χ0) is 15.6. The number of carboxylic acid groups (broad SMARTS) is 1. The number of pyridine rings is 1. The molecular weight excluding hydrogens is 276 g/mol. The number of nitrogens with two attached hydrogens (primary N) is 1. The Morgan fingerprint density at radius 1 is 1.43 bits per heavy atom. The molecule has 2 heterocycles. The summed E-state index contributed by atoms with van der Waals surface area (Å²) in [5.74, 6) is -2.82. The summed E-state index contributed by atoms with van der Waals surface area (Å²) in [6.07, 6.45) is 1.02. The largest absolute Gasteiger partial charge is 0.480 e. The lowest BCUT2D eigenvalue weighted by Gasteiger charge is -2.11. The van der Waals surface area contributed by atoms with E-state index in [1.807, 2.05) is 13.0 Å². The zero-order valence-electron chi connectivity index (χ0n) is 11.2. The Balaban J connectivity index is 2.23. The lowest BCUT2D eigenvalue weighted by molar-refractivity contribution is -0.140. The molecule has 0 bridgehead atoms. The van der Waals surface area contributed by atoms with Crippen LogP contribution in [0, 0.1) is 6.92 Å². The van der Waals surface area contributed by atoms with Gasteiger partial charge in [-0.3, -0.25) is 9.59 Å². The number of hydrogen-bond acceptors (Lipinski definition) is 4. The lowest BCUT2D eigenvalue weighted by Crippen LogP contribution is -2.43. The van der Waals surface area contributed by atoms with Gasteiger partial charge in [-0.15, -0.1) is 0 Å². The second kappa shape index (κ2) is 5.61. The van der Waals surface area contributed by atoms with Gasteiger partial charge in [-0.2, -0.15) is 0 Å². The predicted octanol–water partition coefficient (Wildman–Crippen LogP) is -0.299. The minimum Gasteiger partial charge on any atom is -0.480 e. The molecule has 0 aliphatic rings. The molecule has 0 spiro atoms. The Morgan fingerprint density at radius 2 is 2.14 bits per heavy atom. The van der Waals surface area contributed by atoms with Gasteiger partial charge in [0.2, 0.25) is 5.91 Å². The number of aromatic nitrogens is 2. The average Bonchev–Trinajstić information content (AvgIpc) is 2.82. The third kappa shape index (κ3) is 3.16. The number of amides is 2. The van der Waals surface area contributed by atoms with Gasteiger partial charge in [0.15, 0.2) is 0 Å². The zero-order valence-corrected chi connectivity index (χ0v) is 11.2. The Bertz CT molecular complexity index is 722. The van der Waals surface area contributed by atoms with E-state index in [4.69, 9.17) is 10.8 Å². The van der Waals surface area contributed by atoms with E-state index in [1.54, 1.807) is 16.5 Å². The summed E-state index contributed by atoms with van der Waals surface area (Å²) < 4.78 is 1.71. The van der Waals surface area contributed by atoms with Gasteiger partial charge in [0, 0.05) is 11.9 Å². The van der Waals surface area contributed by atoms with Gasteiger partial charge >= 0.3 is 5.97 Å². The van der Waals surface area contributed by atoms with Crippen LogP contribution in [0.4, 0.5) is 0 Å². The molecule has 0 aliphatic heterocycles. The summed E-state index contributed by atoms with van der Waals surface area (Å²) >= 11 is 0. The first-order valence-corrected chi connectivity index (χ1v) is 6.15. The number of rotatable bonds is 5. The topological polar surface area (TPSA) is 127 Å². The van der Waals surface area contributed by atoms with E-state index < -0.39 is 30.2 Å². The number of aryl methyl sites for hydroxylation is 1. The van der Waals surface area contributed by atoms with E-state index >= 15 is 0 Å². The molecule has 21 heavy (non-hydrogen) atoms. The molecule has 110 valence electrons. The number of imidazole rings is 1. The first-order chi connectivity index (χ1) is 9.88. The van der Waals surface area contributed by atoms with Crippen molar-refractivity contribution in [3.05, 3.63) is 35.8 Å². The van der Waals surface area contributed by atoms with E-state index in [0.717, 1.165) is 5.69 Å². The van der Waals surface area contributed by atoms with Gasteiger partial charge in [-0.05, 0) is 19.1 Å². The minimum atomic E-state index is -1.37. The summed E-state index contributed by atoms with van der Waals surface area (Å²) in [7, 11) is 0. The van der Waals surface area contributed by atoms with Crippen LogP contribution in [-0.4, -0.2) is 38.3 Å². The number of carboxylic acids is 1. The minimum absolute atomic E-state index is 0.0695. The average molecular weight is 290 g/mol. The smallest absolute Gasteiger partial charge is 0.326 e. The third-order valence-electron chi connectivity index (χ3n) is 2.94. The van der Waals surface area contributed by atoms with E-state index in [1.165, 1.54) is 6.20 Å². The van der Waals surface area contributed by atoms with Gasteiger partial charge < -0.3 is 20.6 Å². The van der Waals surface area contributed by atoms with Crippen molar-refractivity contribution in [3.8, 4) is 0 Å². The molecule has 0 aromatic carbocycles. The maximum absolute atomic E-state index is 12.0. The van der Waals surface area contributed by atoms with Crippen molar-refractivity contribution in [2.45, 2.75) is 19.4 Å². The van der Waals surface area contributed by atoms with Crippen molar-refractivity contribution < 1.29 is 19.5 Å². The normalized spacial score (nSPS) is 12.0. The number of carbonyl (C=O) groups is 3. The molecule has 2 amide bonds. The molecule has 0 radical (unpaired) electrons. The van der Waals surface area contributed by atoms with Gasteiger partial charge in [0.05, 0.1) is 6.42 Å². The highest BCUT2D eigenvalue weighted by molar-refractivity contribution is 5.96. The summed E-state index contributed by atoms with van der Waals surface area (Å²) in [6, 6.07) is 4.00. The van der Waals surface area contributed by atoms with Crippen LogP contribution in [0.1, 0.15) is 22.6 Å². The highest BCUT2D eigenvalue weighted by Gasteiger charge is 2.23. The quantitative estimate of drug-likeness (QED) is 0.696. The van der Waals surface area contributed by atoms with Crippen LogP contribution in [0.25, 0.3) is 5.65 Å². The number of nitrogens with one attached hydrogen (secondary N) is 1. The number of primary amides is 1. The fraction of sp³-hybridized carbons (Fsp3) is 0.231. The Morgan fingerprint density at radius 3 is 2.71 bits per heavy atom. The van der Waals surface area contributed by atoms with Gasteiger partial charge in [-0.25, -0.2) is 9.78 Å². The Kier molecular flexibility index (Phi) is 3.88. The van der Waals surface area contributed by atoms with Crippen molar-refractivity contribution in [2.75, 3.05) is 0 Å². The molecule has 8 nitrogen and oxygen atoms in total. The van der Waals surface area contributed by atoms with Crippen molar-refractivity contribution in [1.29, 1.82) is 0 Å². The van der Waals surface area contributed by atoms with Gasteiger partial charge in [0.1, 0.15) is 17.4 Å². The Hall–Kier alpha value is -2.90. The predicted molar refractivity (Wildman–Crippen MR) is 72.6 cm³/mol. The molecule has 2 aromatic heterocycles. The number of carbonyl (C=O) groups excluding carboxylic acids is 2. The summed E-state index contributed by atoms with van der Waals surface area (Å²) in [4.78, 5) is 37.9. The molecule has 8 heteroatoms. The number of aliphatic carboxylic acids is 1. The maximum atomic E-state index is 12.0. The van der Waals surface area contributed by atoms with Crippen molar-refractivity contribution in [2.24, 2.45) is 5.73 Å². The highest BCUT2D eigenvalue weighted by atomic mass is 16.4. The maximum Gasteiger partial charge on any atom is 0.326 e. The fourth-order valence-corrected chi connectivity index (χ4v) is 1.89. The van der Waals surface area contributed by atoms with E-state index in [0.29, 0.717) is 5.65 Å². The summed E-state index contributed by atoms with van der Waals surface area (Å²) in [5.41, 5.74) is 6.47.